The first-order chi connectivity index (χ1) is 11.2. The zero-order valence-electron chi connectivity index (χ0n) is 15.0. The van der Waals surface area contributed by atoms with Gasteiger partial charge in [-0.15, -0.1) is 0 Å². The molecule has 1 heterocycles. The Labute approximate surface area is 153 Å². The average molecular weight is 398 g/mol. The molecule has 2 atom stereocenters. The van der Waals surface area contributed by atoms with Gasteiger partial charge in [-0.05, 0) is 49.7 Å². The Morgan fingerprint density at radius 3 is 2.75 bits per heavy atom. The highest BCUT2D eigenvalue weighted by Gasteiger charge is 2.38. The number of rotatable bonds is 4. The third-order valence-electron chi connectivity index (χ3n) is 4.96. The number of piperidine rings is 1. The molecule has 2 unspecified atom stereocenters. The molecule has 1 aromatic carbocycles. The maximum Gasteiger partial charge on any atom is 0.407 e. The van der Waals surface area contributed by atoms with E-state index in [1.165, 1.54) is 0 Å². The Morgan fingerprint density at radius 2 is 2.12 bits per heavy atom. The van der Waals surface area contributed by atoms with Gasteiger partial charge in [-0.1, -0.05) is 42.8 Å². The second-order valence-electron chi connectivity index (χ2n) is 7.75. The topological polar surface area (TPSA) is 49.8 Å². The molecular formula is C19H28BrNO3. The molecule has 134 valence electrons. The Hall–Kier alpha value is -1.23. The standard InChI is InChI=1S/C19H28BrNO3/c1-13-15(20)6-5-7-16(13)24-11-9-14-8-10-21(18(22)23)17(12-14)19(2,3)4/h5-7,14,17H,8-12H2,1-4H3,(H,22,23). The van der Waals surface area contributed by atoms with Crippen molar-refractivity contribution in [1.82, 2.24) is 4.90 Å². The van der Waals surface area contributed by atoms with Gasteiger partial charge in [-0.25, -0.2) is 4.79 Å². The van der Waals surface area contributed by atoms with Crippen LogP contribution in [0.1, 0.15) is 45.6 Å². The van der Waals surface area contributed by atoms with Crippen molar-refractivity contribution in [2.45, 2.75) is 53.0 Å². The predicted molar refractivity (Wildman–Crippen MR) is 99.7 cm³/mol. The van der Waals surface area contributed by atoms with E-state index in [1.54, 1.807) is 4.90 Å². The van der Waals surface area contributed by atoms with E-state index in [9.17, 15) is 9.90 Å². The van der Waals surface area contributed by atoms with Gasteiger partial charge in [0.1, 0.15) is 5.75 Å². The van der Waals surface area contributed by atoms with Crippen LogP contribution in [0, 0.1) is 18.3 Å². The van der Waals surface area contributed by atoms with Crippen molar-refractivity contribution in [2.75, 3.05) is 13.2 Å². The normalized spacial score (nSPS) is 21.6. The minimum absolute atomic E-state index is 0.0429. The van der Waals surface area contributed by atoms with Crippen molar-refractivity contribution in [2.24, 2.45) is 11.3 Å². The smallest absolute Gasteiger partial charge is 0.407 e. The fourth-order valence-corrected chi connectivity index (χ4v) is 3.78. The molecule has 0 radical (unpaired) electrons. The third kappa shape index (κ3) is 4.65. The fraction of sp³-hybridized carbons (Fsp3) is 0.632. The lowest BCUT2D eigenvalue weighted by Crippen LogP contribution is -2.51. The van der Waals surface area contributed by atoms with Crippen LogP contribution in [0.2, 0.25) is 0 Å². The molecule has 0 spiro atoms. The number of amides is 1. The molecule has 1 amide bonds. The second-order valence-corrected chi connectivity index (χ2v) is 8.60. The summed E-state index contributed by atoms with van der Waals surface area (Å²) in [5.74, 6) is 1.43. The molecule has 1 aliphatic rings. The van der Waals surface area contributed by atoms with Gasteiger partial charge < -0.3 is 14.7 Å². The summed E-state index contributed by atoms with van der Waals surface area (Å²) in [7, 11) is 0. The van der Waals surface area contributed by atoms with E-state index in [4.69, 9.17) is 4.74 Å². The SMILES string of the molecule is Cc1c(Br)cccc1OCCC1CCN(C(=O)O)C(C(C)(C)C)C1. The maximum absolute atomic E-state index is 11.5. The number of ether oxygens (including phenoxy) is 1. The van der Waals surface area contributed by atoms with E-state index in [0.29, 0.717) is 19.1 Å². The summed E-state index contributed by atoms with van der Waals surface area (Å²) >= 11 is 3.52. The van der Waals surface area contributed by atoms with E-state index in [1.807, 2.05) is 25.1 Å². The molecule has 24 heavy (non-hydrogen) atoms. The summed E-state index contributed by atoms with van der Waals surface area (Å²) in [6.45, 7) is 9.70. The van der Waals surface area contributed by atoms with Crippen LogP contribution in [0.3, 0.4) is 0 Å². The summed E-state index contributed by atoms with van der Waals surface area (Å²) in [4.78, 5) is 13.1. The quantitative estimate of drug-likeness (QED) is 0.746. The van der Waals surface area contributed by atoms with Crippen LogP contribution in [0.5, 0.6) is 5.75 Å². The average Bonchev–Trinajstić information content (AvgIpc) is 2.50. The predicted octanol–water partition coefficient (Wildman–Crippen LogP) is 5.33. The molecule has 0 aliphatic carbocycles. The molecule has 0 saturated carbocycles. The van der Waals surface area contributed by atoms with Crippen LogP contribution in [-0.2, 0) is 0 Å². The van der Waals surface area contributed by atoms with Gasteiger partial charge in [0.2, 0.25) is 0 Å². The van der Waals surface area contributed by atoms with Crippen molar-refractivity contribution in [3.8, 4) is 5.75 Å². The fourth-order valence-electron chi connectivity index (χ4n) is 3.43. The molecule has 4 nitrogen and oxygen atoms in total. The van der Waals surface area contributed by atoms with Gasteiger partial charge in [0.05, 0.1) is 6.61 Å². The van der Waals surface area contributed by atoms with Crippen LogP contribution in [0.25, 0.3) is 0 Å². The molecule has 1 N–H and O–H groups in total. The van der Waals surface area contributed by atoms with E-state index < -0.39 is 6.09 Å². The van der Waals surface area contributed by atoms with E-state index in [0.717, 1.165) is 35.0 Å². The summed E-state index contributed by atoms with van der Waals surface area (Å²) in [6, 6.07) is 6.05. The molecule has 0 bridgehead atoms. The van der Waals surface area contributed by atoms with Gasteiger partial charge in [-0.2, -0.15) is 0 Å². The van der Waals surface area contributed by atoms with Gasteiger partial charge in [0.15, 0.2) is 0 Å². The molecule has 0 aromatic heterocycles. The molecule has 1 aliphatic heterocycles. The Morgan fingerprint density at radius 1 is 1.42 bits per heavy atom. The monoisotopic (exact) mass is 397 g/mol. The number of nitrogens with zero attached hydrogens (tertiary/aromatic N) is 1. The lowest BCUT2D eigenvalue weighted by Gasteiger charge is -2.44. The van der Waals surface area contributed by atoms with Gasteiger partial charge in [-0.3, -0.25) is 0 Å². The first kappa shape index (κ1) is 19.1. The van der Waals surface area contributed by atoms with Crippen LogP contribution in [-0.4, -0.2) is 35.3 Å². The van der Waals surface area contributed by atoms with Crippen LogP contribution in [0.15, 0.2) is 22.7 Å². The number of carboxylic acid groups (broad SMARTS) is 1. The molecule has 1 saturated heterocycles. The van der Waals surface area contributed by atoms with Crippen LogP contribution >= 0.6 is 15.9 Å². The van der Waals surface area contributed by atoms with Crippen LogP contribution < -0.4 is 4.74 Å². The number of benzene rings is 1. The first-order valence-electron chi connectivity index (χ1n) is 8.57. The van der Waals surface area contributed by atoms with Crippen molar-refractivity contribution >= 4 is 22.0 Å². The van der Waals surface area contributed by atoms with Gasteiger partial charge in [0.25, 0.3) is 0 Å². The summed E-state index contributed by atoms with van der Waals surface area (Å²) in [5, 5.41) is 9.44. The Balaban J connectivity index is 1.92. The Kier molecular flexibility index (Phi) is 6.18. The zero-order chi connectivity index (χ0) is 17.9. The van der Waals surface area contributed by atoms with Crippen molar-refractivity contribution in [3.05, 3.63) is 28.2 Å². The third-order valence-corrected chi connectivity index (χ3v) is 5.82. The molecule has 1 fully saturated rings. The summed E-state index contributed by atoms with van der Waals surface area (Å²) < 4.78 is 7.01. The summed E-state index contributed by atoms with van der Waals surface area (Å²) in [6.07, 6.45) is 2.00. The summed E-state index contributed by atoms with van der Waals surface area (Å²) in [5.41, 5.74) is 1.07. The lowest BCUT2D eigenvalue weighted by atomic mass is 9.76. The first-order valence-corrected chi connectivity index (χ1v) is 9.37. The van der Waals surface area contributed by atoms with Crippen molar-refractivity contribution in [3.63, 3.8) is 0 Å². The molecular weight excluding hydrogens is 370 g/mol. The molecule has 2 rings (SSSR count). The highest BCUT2D eigenvalue weighted by molar-refractivity contribution is 9.10. The highest BCUT2D eigenvalue weighted by atomic mass is 79.9. The van der Waals surface area contributed by atoms with E-state index >= 15 is 0 Å². The van der Waals surface area contributed by atoms with E-state index in [-0.39, 0.29) is 11.5 Å². The zero-order valence-corrected chi connectivity index (χ0v) is 16.6. The van der Waals surface area contributed by atoms with Crippen LogP contribution in [0.4, 0.5) is 4.79 Å². The minimum Gasteiger partial charge on any atom is -0.493 e. The van der Waals surface area contributed by atoms with Gasteiger partial charge in [0, 0.05) is 22.6 Å². The molecule has 5 heteroatoms. The van der Waals surface area contributed by atoms with E-state index in [2.05, 4.69) is 36.7 Å². The number of halogens is 1. The second kappa shape index (κ2) is 7.77. The minimum atomic E-state index is -0.797. The number of hydrogen-bond acceptors (Lipinski definition) is 2. The van der Waals surface area contributed by atoms with Crippen molar-refractivity contribution < 1.29 is 14.6 Å². The highest BCUT2D eigenvalue weighted by Crippen LogP contribution is 2.36. The maximum atomic E-state index is 11.5. The number of hydrogen-bond donors (Lipinski definition) is 1. The lowest BCUT2D eigenvalue weighted by molar-refractivity contribution is 0.0364. The number of likely N-dealkylation sites (tertiary alicyclic amines) is 1. The largest absolute Gasteiger partial charge is 0.493 e. The molecule has 1 aromatic rings. The van der Waals surface area contributed by atoms with Crippen molar-refractivity contribution in [1.29, 1.82) is 0 Å². The Bertz CT molecular complexity index is 582. The van der Waals surface area contributed by atoms with Gasteiger partial charge >= 0.3 is 6.09 Å². The number of carbonyl (C=O) groups is 1.